The fraction of sp³-hybridized carbons (Fsp3) is 0.529. The van der Waals surface area contributed by atoms with Crippen LogP contribution in [0.15, 0.2) is 24.3 Å². The van der Waals surface area contributed by atoms with Gasteiger partial charge in [0.1, 0.15) is 17.7 Å². The summed E-state index contributed by atoms with van der Waals surface area (Å²) in [6.45, 7) is 4.11. The van der Waals surface area contributed by atoms with E-state index in [0.29, 0.717) is 18.2 Å². The summed E-state index contributed by atoms with van der Waals surface area (Å²) in [5.74, 6) is 0.699. The Morgan fingerprint density at radius 1 is 1.48 bits per heavy atom. The molecule has 0 spiro atoms. The topological polar surface area (TPSA) is 75.9 Å². The van der Waals surface area contributed by atoms with Crippen LogP contribution in [0.2, 0.25) is 0 Å². The van der Waals surface area contributed by atoms with Crippen LogP contribution in [0, 0.1) is 18.7 Å². The van der Waals surface area contributed by atoms with Crippen molar-refractivity contribution in [2.75, 3.05) is 26.7 Å². The van der Waals surface area contributed by atoms with E-state index in [1.54, 1.807) is 17.7 Å². The van der Waals surface area contributed by atoms with E-state index in [-0.39, 0.29) is 11.7 Å². The predicted octanol–water partition coefficient (Wildman–Crippen LogP) is 0.972. The Kier molecular flexibility index (Phi) is 5.37. The summed E-state index contributed by atoms with van der Waals surface area (Å²) < 4.78 is 15.1. The quantitative estimate of drug-likeness (QED) is 0.844. The van der Waals surface area contributed by atoms with E-state index in [0.717, 1.165) is 31.6 Å². The molecular formula is C17H23FN6O. The fourth-order valence-electron chi connectivity index (χ4n) is 3.39. The summed E-state index contributed by atoms with van der Waals surface area (Å²) in [4.78, 5) is 15.0. The van der Waals surface area contributed by atoms with Gasteiger partial charge in [-0.3, -0.25) is 4.79 Å². The van der Waals surface area contributed by atoms with Crippen LogP contribution in [-0.4, -0.2) is 57.7 Å². The lowest BCUT2D eigenvalue weighted by Crippen LogP contribution is -2.38. The molecule has 0 saturated carbocycles. The lowest BCUT2D eigenvalue weighted by atomic mass is 10.0. The number of amides is 1. The average molecular weight is 346 g/mol. The molecule has 0 radical (unpaired) electrons. The molecule has 2 heterocycles. The molecule has 1 aliphatic heterocycles. The Bertz CT molecular complexity index is 733. The van der Waals surface area contributed by atoms with Gasteiger partial charge in [-0.2, -0.15) is 0 Å². The molecule has 25 heavy (non-hydrogen) atoms. The van der Waals surface area contributed by atoms with Gasteiger partial charge in [0.2, 0.25) is 5.91 Å². The first-order valence-corrected chi connectivity index (χ1v) is 8.50. The van der Waals surface area contributed by atoms with E-state index < -0.39 is 6.04 Å². The highest BCUT2D eigenvalue weighted by molar-refractivity contribution is 5.81. The van der Waals surface area contributed by atoms with E-state index in [2.05, 4.69) is 20.8 Å². The number of hydrogen-bond acceptors (Lipinski definition) is 5. The second-order valence-corrected chi connectivity index (χ2v) is 6.52. The number of nitrogens with one attached hydrogen (secondary N) is 1. The van der Waals surface area contributed by atoms with Gasteiger partial charge in [0.15, 0.2) is 0 Å². The molecule has 0 aliphatic carbocycles. The second-order valence-electron chi connectivity index (χ2n) is 6.52. The molecule has 2 unspecified atom stereocenters. The Labute approximate surface area is 146 Å². The van der Waals surface area contributed by atoms with Gasteiger partial charge in [-0.25, -0.2) is 9.07 Å². The van der Waals surface area contributed by atoms with Gasteiger partial charge < -0.3 is 10.2 Å². The third-order valence-corrected chi connectivity index (χ3v) is 4.65. The maximum absolute atomic E-state index is 13.5. The fourth-order valence-corrected chi connectivity index (χ4v) is 3.39. The number of halogens is 1. The van der Waals surface area contributed by atoms with Gasteiger partial charge in [0, 0.05) is 19.5 Å². The molecule has 0 bridgehead atoms. The highest BCUT2D eigenvalue weighted by atomic mass is 19.1. The van der Waals surface area contributed by atoms with Crippen molar-refractivity contribution < 1.29 is 9.18 Å². The first-order valence-electron chi connectivity index (χ1n) is 8.50. The number of rotatable bonds is 6. The number of carbonyl (C=O) groups is 1. The molecule has 1 N–H and O–H groups in total. The maximum atomic E-state index is 13.5. The number of aromatic nitrogens is 4. The van der Waals surface area contributed by atoms with Crippen molar-refractivity contribution in [3.05, 3.63) is 41.5 Å². The van der Waals surface area contributed by atoms with Crippen molar-refractivity contribution in [3.63, 3.8) is 0 Å². The molecule has 1 fully saturated rings. The number of benzene rings is 1. The van der Waals surface area contributed by atoms with Crippen LogP contribution < -0.4 is 5.32 Å². The van der Waals surface area contributed by atoms with Crippen LogP contribution in [-0.2, 0) is 11.2 Å². The van der Waals surface area contributed by atoms with E-state index >= 15 is 0 Å². The molecule has 1 amide bonds. The first-order chi connectivity index (χ1) is 12.1. The minimum atomic E-state index is -0.565. The molecule has 134 valence electrons. The van der Waals surface area contributed by atoms with Crippen LogP contribution >= 0.6 is 0 Å². The zero-order valence-corrected chi connectivity index (χ0v) is 14.5. The Morgan fingerprint density at radius 3 is 3.00 bits per heavy atom. The van der Waals surface area contributed by atoms with Crippen LogP contribution in [0.5, 0.6) is 0 Å². The molecule has 1 saturated heterocycles. The lowest BCUT2D eigenvalue weighted by molar-refractivity contribution is -0.134. The smallest absolute Gasteiger partial charge is 0.247 e. The van der Waals surface area contributed by atoms with Gasteiger partial charge in [0.25, 0.3) is 0 Å². The SMILES string of the molecule is CNCC1CCN(C(=O)C(Cc2cccc(F)c2)n2nnnc2C)C1. The summed E-state index contributed by atoms with van der Waals surface area (Å²) >= 11 is 0. The largest absolute Gasteiger partial charge is 0.340 e. The lowest BCUT2D eigenvalue weighted by Gasteiger charge is -2.24. The van der Waals surface area contributed by atoms with E-state index in [1.165, 1.54) is 12.1 Å². The molecular weight excluding hydrogens is 323 g/mol. The number of aryl methyl sites for hydroxylation is 1. The summed E-state index contributed by atoms with van der Waals surface area (Å²) in [6.07, 6.45) is 1.34. The minimum absolute atomic E-state index is 0.0155. The van der Waals surface area contributed by atoms with Crippen molar-refractivity contribution in [1.29, 1.82) is 0 Å². The van der Waals surface area contributed by atoms with E-state index in [4.69, 9.17) is 0 Å². The first kappa shape index (κ1) is 17.5. The standard InChI is InChI=1S/C17H23FN6O/c1-12-20-21-22-24(12)16(9-13-4-3-5-15(18)8-13)17(25)23-7-6-14(11-23)10-19-2/h3-5,8,14,16,19H,6-7,9-11H2,1-2H3. The van der Waals surface area contributed by atoms with Gasteiger partial charge >= 0.3 is 0 Å². The normalized spacial score (nSPS) is 18.5. The zero-order valence-electron chi connectivity index (χ0n) is 14.5. The predicted molar refractivity (Wildman–Crippen MR) is 90.3 cm³/mol. The van der Waals surface area contributed by atoms with Gasteiger partial charge in [-0.1, -0.05) is 12.1 Å². The Balaban J connectivity index is 1.82. The van der Waals surface area contributed by atoms with E-state index in [1.807, 2.05) is 18.0 Å². The van der Waals surface area contributed by atoms with Crippen molar-refractivity contribution in [2.45, 2.75) is 25.8 Å². The molecule has 3 rings (SSSR count). The van der Waals surface area contributed by atoms with Gasteiger partial charge in [-0.05, 0) is 61.0 Å². The summed E-state index contributed by atoms with van der Waals surface area (Å²) in [5.41, 5.74) is 0.749. The third kappa shape index (κ3) is 4.01. The molecule has 1 aromatic heterocycles. The Hall–Kier alpha value is -2.35. The molecule has 1 aromatic carbocycles. The maximum Gasteiger partial charge on any atom is 0.247 e. The Morgan fingerprint density at radius 2 is 2.32 bits per heavy atom. The highest BCUT2D eigenvalue weighted by Crippen LogP contribution is 2.23. The molecule has 2 atom stereocenters. The van der Waals surface area contributed by atoms with Crippen molar-refractivity contribution in [2.24, 2.45) is 5.92 Å². The van der Waals surface area contributed by atoms with Crippen LogP contribution in [0.3, 0.4) is 0 Å². The van der Waals surface area contributed by atoms with E-state index in [9.17, 15) is 9.18 Å². The molecule has 8 heteroatoms. The number of likely N-dealkylation sites (tertiary alicyclic amines) is 1. The third-order valence-electron chi connectivity index (χ3n) is 4.65. The summed E-state index contributed by atoms with van der Waals surface area (Å²) in [5, 5.41) is 14.7. The number of tetrazole rings is 1. The minimum Gasteiger partial charge on any atom is -0.340 e. The average Bonchev–Trinajstić information content (AvgIpc) is 3.22. The van der Waals surface area contributed by atoms with Crippen molar-refractivity contribution >= 4 is 5.91 Å². The second kappa shape index (κ2) is 7.69. The van der Waals surface area contributed by atoms with Crippen molar-refractivity contribution in [1.82, 2.24) is 30.4 Å². The van der Waals surface area contributed by atoms with Crippen LogP contribution in [0.25, 0.3) is 0 Å². The van der Waals surface area contributed by atoms with Gasteiger partial charge in [-0.15, -0.1) is 5.10 Å². The van der Waals surface area contributed by atoms with Crippen LogP contribution in [0.1, 0.15) is 23.9 Å². The van der Waals surface area contributed by atoms with Gasteiger partial charge in [0.05, 0.1) is 0 Å². The number of carbonyl (C=O) groups excluding carboxylic acids is 1. The summed E-state index contributed by atoms with van der Waals surface area (Å²) in [6, 6.07) is 5.75. The molecule has 7 nitrogen and oxygen atoms in total. The van der Waals surface area contributed by atoms with Crippen LogP contribution in [0.4, 0.5) is 4.39 Å². The highest BCUT2D eigenvalue weighted by Gasteiger charge is 2.33. The zero-order chi connectivity index (χ0) is 17.8. The molecule has 1 aliphatic rings. The number of hydrogen-bond donors (Lipinski definition) is 1. The summed E-state index contributed by atoms with van der Waals surface area (Å²) in [7, 11) is 1.92. The molecule has 2 aromatic rings. The number of nitrogens with zero attached hydrogens (tertiary/aromatic N) is 5. The van der Waals surface area contributed by atoms with Crippen molar-refractivity contribution in [3.8, 4) is 0 Å². The monoisotopic (exact) mass is 346 g/mol.